The highest BCUT2D eigenvalue weighted by atomic mass is 16.3. The number of rotatable bonds is 9. The first kappa shape index (κ1) is 19.3. The highest BCUT2D eigenvalue weighted by Crippen LogP contribution is 2.08. The van der Waals surface area contributed by atoms with Crippen molar-refractivity contribution in [1.82, 2.24) is 15.5 Å². The van der Waals surface area contributed by atoms with Crippen LogP contribution in [0, 0.1) is 0 Å². The molecule has 2 heterocycles. The van der Waals surface area contributed by atoms with Crippen LogP contribution in [0.3, 0.4) is 0 Å². The Labute approximate surface area is 159 Å². The number of hydrogen-bond acceptors (Lipinski definition) is 5. The van der Waals surface area contributed by atoms with Gasteiger partial charge in [0.15, 0.2) is 11.5 Å². The van der Waals surface area contributed by atoms with E-state index in [4.69, 9.17) is 4.42 Å². The molecule has 3 rings (SSSR count). The van der Waals surface area contributed by atoms with Crippen LogP contribution in [-0.2, 0) is 6.54 Å². The van der Waals surface area contributed by atoms with E-state index in [0.29, 0.717) is 18.7 Å². The normalized spacial score (nSPS) is 14.8. The average Bonchev–Trinajstić information content (AvgIpc) is 3.25. The number of likely N-dealkylation sites (tertiary alicyclic amines) is 1. The lowest BCUT2D eigenvalue weighted by molar-refractivity contribution is 0.0922. The molecule has 6 heteroatoms. The summed E-state index contributed by atoms with van der Waals surface area (Å²) in [6.45, 7) is 4.93. The van der Waals surface area contributed by atoms with E-state index in [2.05, 4.69) is 15.5 Å². The number of ketones is 1. The summed E-state index contributed by atoms with van der Waals surface area (Å²) >= 11 is 0. The van der Waals surface area contributed by atoms with Crippen LogP contribution in [-0.4, -0.2) is 49.3 Å². The fourth-order valence-electron chi connectivity index (χ4n) is 3.21. The molecule has 144 valence electrons. The first-order valence-electron chi connectivity index (χ1n) is 9.59. The van der Waals surface area contributed by atoms with Crippen molar-refractivity contribution >= 4 is 11.7 Å². The Morgan fingerprint density at radius 2 is 1.81 bits per heavy atom. The maximum absolute atomic E-state index is 12.3. The van der Waals surface area contributed by atoms with E-state index in [0.717, 1.165) is 18.7 Å². The predicted octanol–water partition coefficient (Wildman–Crippen LogP) is 2.47. The molecule has 0 saturated carbocycles. The number of nitrogens with zero attached hydrogens (tertiary/aromatic N) is 1. The summed E-state index contributed by atoms with van der Waals surface area (Å²) in [6, 6.07) is 10.6. The lowest BCUT2D eigenvalue weighted by Crippen LogP contribution is -2.37. The fourth-order valence-corrected chi connectivity index (χ4v) is 3.21. The SMILES string of the molecule is O=C(CNCCN1CCCCC1)c1ccc(CNC(=O)c2ccco2)cc1. The number of nitrogens with one attached hydrogen (secondary N) is 2. The molecular formula is C21H27N3O3. The van der Waals surface area contributed by atoms with E-state index in [1.54, 1.807) is 12.1 Å². The predicted molar refractivity (Wildman–Crippen MR) is 104 cm³/mol. The van der Waals surface area contributed by atoms with Crippen LogP contribution in [0.1, 0.15) is 45.7 Å². The van der Waals surface area contributed by atoms with Crippen LogP contribution in [0.5, 0.6) is 0 Å². The molecule has 6 nitrogen and oxygen atoms in total. The molecule has 0 aliphatic carbocycles. The van der Waals surface area contributed by atoms with Crippen LogP contribution in [0.2, 0.25) is 0 Å². The molecule has 0 unspecified atom stereocenters. The monoisotopic (exact) mass is 369 g/mol. The van der Waals surface area contributed by atoms with E-state index in [1.807, 2.05) is 24.3 Å². The van der Waals surface area contributed by atoms with Gasteiger partial charge in [0, 0.05) is 25.2 Å². The highest BCUT2D eigenvalue weighted by molar-refractivity contribution is 5.97. The number of Topliss-reactive ketones (excluding diaryl/α,β-unsaturated/α-hetero) is 1. The van der Waals surface area contributed by atoms with E-state index in [9.17, 15) is 9.59 Å². The van der Waals surface area contributed by atoms with Crippen molar-refractivity contribution in [3.8, 4) is 0 Å². The zero-order valence-electron chi connectivity index (χ0n) is 15.6. The fraction of sp³-hybridized carbons (Fsp3) is 0.429. The number of piperidine rings is 1. The van der Waals surface area contributed by atoms with Crippen LogP contribution in [0.25, 0.3) is 0 Å². The largest absolute Gasteiger partial charge is 0.459 e. The van der Waals surface area contributed by atoms with Gasteiger partial charge in [0.25, 0.3) is 5.91 Å². The van der Waals surface area contributed by atoms with E-state index >= 15 is 0 Å². The van der Waals surface area contributed by atoms with Gasteiger partial charge in [-0.2, -0.15) is 0 Å². The number of hydrogen-bond donors (Lipinski definition) is 2. The molecule has 0 atom stereocenters. The minimum atomic E-state index is -0.252. The minimum Gasteiger partial charge on any atom is -0.459 e. The lowest BCUT2D eigenvalue weighted by atomic mass is 10.1. The van der Waals surface area contributed by atoms with Crippen molar-refractivity contribution in [2.45, 2.75) is 25.8 Å². The molecule has 2 N–H and O–H groups in total. The summed E-state index contributed by atoms with van der Waals surface area (Å²) in [5.41, 5.74) is 1.62. The van der Waals surface area contributed by atoms with Crippen molar-refractivity contribution in [2.75, 3.05) is 32.7 Å². The second-order valence-electron chi connectivity index (χ2n) is 6.86. The Morgan fingerprint density at radius 3 is 2.52 bits per heavy atom. The molecule has 1 aliphatic heterocycles. The van der Waals surface area contributed by atoms with Crippen molar-refractivity contribution in [1.29, 1.82) is 0 Å². The third-order valence-corrected chi connectivity index (χ3v) is 4.81. The summed E-state index contributed by atoms with van der Waals surface area (Å²) in [4.78, 5) is 26.6. The van der Waals surface area contributed by atoms with Crippen molar-refractivity contribution in [2.24, 2.45) is 0 Å². The smallest absolute Gasteiger partial charge is 0.287 e. The topological polar surface area (TPSA) is 74.6 Å². The Hall–Kier alpha value is -2.44. The van der Waals surface area contributed by atoms with Crippen molar-refractivity contribution < 1.29 is 14.0 Å². The van der Waals surface area contributed by atoms with Crippen molar-refractivity contribution in [3.05, 3.63) is 59.5 Å². The molecule has 0 bridgehead atoms. The van der Waals surface area contributed by atoms with Gasteiger partial charge in [0.2, 0.25) is 0 Å². The summed E-state index contributed by atoms with van der Waals surface area (Å²) in [5, 5.41) is 6.03. The quantitative estimate of drug-likeness (QED) is 0.525. The van der Waals surface area contributed by atoms with Crippen LogP contribution in [0.4, 0.5) is 0 Å². The first-order chi connectivity index (χ1) is 13.2. The third kappa shape index (κ3) is 6.05. The zero-order valence-corrected chi connectivity index (χ0v) is 15.6. The molecule has 1 amide bonds. The van der Waals surface area contributed by atoms with Gasteiger partial charge in [0.1, 0.15) is 0 Å². The number of furan rings is 1. The van der Waals surface area contributed by atoms with Gasteiger partial charge in [-0.25, -0.2) is 0 Å². The first-order valence-corrected chi connectivity index (χ1v) is 9.59. The van der Waals surface area contributed by atoms with Crippen LogP contribution in [0.15, 0.2) is 47.1 Å². The Balaban J connectivity index is 1.37. The zero-order chi connectivity index (χ0) is 18.9. The number of carbonyl (C=O) groups is 2. The second-order valence-corrected chi connectivity index (χ2v) is 6.86. The summed E-state index contributed by atoms with van der Waals surface area (Å²) in [5.74, 6) is 0.121. The van der Waals surface area contributed by atoms with Gasteiger partial charge in [-0.05, 0) is 43.6 Å². The van der Waals surface area contributed by atoms with E-state index < -0.39 is 0 Å². The lowest BCUT2D eigenvalue weighted by Gasteiger charge is -2.26. The summed E-state index contributed by atoms with van der Waals surface area (Å²) in [6.07, 6.45) is 5.38. The highest BCUT2D eigenvalue weighted by Gasteiger charge is 2.11. The molecule has 1 fully saturated rings. The Bertz CT molecular complexity index is 720. The van der Waals surface area contributed by atoms with Gasteiger partial charge >= 0.3 is 0 Å². The van der Waals surface area contributed by atoms with Crippen molar-refractivity contribution in [3.63, 3.8) is 0 Å². The molecule has 1 aromatic heterocycles. The second kappa shape index (κ2) is 10.0. The number of amides is 1. The number of benzene rings is 1. The Morgan fingerprint density at radius 1 is 1.04 bits per heavy atom. The minimum absolute atomic E-state index is 0.0832. The van der Waals surface area contributed by atoms with Crippen LogP contribution >= 0.6 is 0 Å². The van der Waals surface area contributed by atoms with Gasteiger partial charge < -0.3 is 20.0 Å². The van der Waals surface area contributed by atoms with Gasteiger partial charge in [-0.1, -0.05) is 30.7 Å². The third-order valence-electron chi connectivity index (χ3n) is 4.81. The average molecular weight is 369 g/mol. The molecule has 0 radical (unpaired) electrons. The van der Waals surface area contributed by atoms with E-state index in [-0.39, 0.29) is 17.5 Å². The standard InChI is InChI=1S/C21H27N3O3/c25-19(16-22-10-13-24-11-2-1-3-12-24)18-8-6-17(7-9-18)15-23-21(26)20-5-4-14-27-20/h4-9,14,22H,1-3,10-13,15-16H2,(H,23,26). The Kier molecular flexibility index (Phi) is 7.19. The molecule has 0 spiro atoms. The summed E-state index contributed by atoms with van der Waals surface area (Å²) < 4.78 is 5.05. The molecule has 1 aromatic carbocycles. The van der Waals surface area contributed by atoms with Crippen LogP contribution < -0.4 is 10.6 Å². The maximum Gasteiger partial charge on any atom is 0.287 e. The molecular weight excluding hydrogens is 342 g/mol. The molecule has 27 heavy (non-hydrogen) atoms. The maximum atomic E-state index is 12.3. The molecule has 2 aromatic rings. The van der Waals surface area contributed by atoms with Gasteiger partial charge in [-0.15, -0.1) is 0 Å². The molecule has 1 aliphatic rings. The van der Waals surface area contributed by atoms with Gasteiger partial charge in [0.05, 0.1) is 12.8 Å². The number of carbonyl (C=O) groups excluding carboxylic acids is 2. The molecule has 1 saturated heterocycles. The van der Waals surface area contributed by atoms with Gasteiger partial charge in [-0.3, -0.25) is 9.59 Å². The summed E-state index contributed by atoms with van der Waals surface area (Å²) in [7, 11) is 0. The van der Waals surface area contributed by atoms with E-state index in [1.165, 1.54) is 38.6 Å².